The number of sulfonamides is 1. The van der Waals surface area contributed by atoms with E-state index in [0.29, 0.717) is 5.56 Å². The Morgan fingerprint density at radius 3 is 2.09 bits per heavy atom. The van der Waals surface area contributed by atoms with Crippen LogP contribution in [0.15, 0.2) is 71.6 Å². The Morgan fingerprint density at radius 1 is 0.844 bits per heavy atom. The predicted molar refractivity (Wildman–Crippen MR) is 118 cm³/mol. The lowest BCUT2D eigenvalue weighted by Gasteiger charge is -2.11. The molecule has 0 aliphatic rings. The lowest BCUT2D eigenvalue weighted by atomic mass is 10.0. The predicted octanol–water partition coefficient (Wildman–Crippen LogP) is 6.17. The topological polar surface area (TPSA) is 63.2 Å². The average molecular weight is 502 g/mol. The Morgan fingerprint density at radius 2 is 1.47 bits per heavy atom. The Bertz CT molecular complexity index is 1260. The standard InChI is InChI=1S/C22H16Cl2F3NO3S/c23-20-8-7-17(13-21(20)24)28-32(30,31)19-6-2-4-15(12-19)11-18(29)10-14-3-1-5-16(9-14)22(25,26)27/h1-9,12-13,28H,10-11H2. The van der Waals surface area contributed by atoms with Crippen molar-refractivity contribution in [1.82, 2.24) is 0 Å². The van der Waals surface area contributed by atoms with E-state index >= 15 is 0 Å². The van der Waals surface area contributed by atoms with Crippen molar-refractivity contribution in [2.75, 3.05) is 4.72 Å². The number of benzene rings is 3. The van der Waals surface area contributed by atoms with Gasteiger partial charge in [-0.05, 0) is 47.5 Å². The van der Waals surface area contributed by atoms with E-state index in [2.05, 4.69) is 4.72 Å². The molecule has 168 valence electrons. The van der Waals surface area contributed by atoms with Crippen molar-refractivity contribution in [3.63, 3.8) is 0 Å². The molecule has 0 fully saturated rings. The molecule has 0 bridgehead atoms. The van der Waals surface area contributed by atoms with Gasteiger partial charge in [-0.25, -0.2) is 8.42 Å². The third-order valence-corrected chi connectivity index (χ3v) is 6.56. The molecule has 0 radical (unpaired) electrons. The zero-order valence-electron chi connectivity index (χ0n) is 16.3. The Kier molecular flexibility index (Phi) is 7.17. The minimum Gasteiger partial charge on any atom is -0.299 e. The van der Waals surface area contributed by atoms with Gasteiger partial charge in [-0.15, -0.1) is 0 Å². The van der Waals surface area contributed by atoms with Gasteiger partial charge in [0.25, 0.3) is 10.0 Å². The van der Waals surface area contributed by atoms with E-state index in [0.717, 1.165) is 12.1 Å². The van der Waals surface area contributed by atoms with Gasteiger partial charge in [0.15, 0.2) is 0 Å². The van der Waals surface area contributed by atoms with Crippen LogP contribution >= 0.6 is 23.2 Å². The van der Waals surface area contributed by atoms with Gasteiger partial charge in [0.2, 0.25) is 0 Å². The maximum atomic E-state index is 12.8. The molecule has 0 heterocycles. The fraction of sp³-hybridized carbons (Fsp3) is 0.136. The Labute approximate surface area is 193 Å². The summed E-state index contributed by atoms with van der Waals surface area (Å²) in [5.74, 6) is -0.351. The second kappa shape index (κ2) is 9.52. The summed E-state index contributed by atoms with van der Waals surface area (Å²) < 4.78 is 66.3. The van der Waals surface area contributed by atoms with Crippen LogP contribution in [0.3, 0.4) is 0 Å². The molecule has 0 saturated carbocycles. The van der Waals surface area contributed by atoms with Gasteiger partial charge in [0.1, 0.15) is 5.78 Å². The first-order valence-corrected chi connectivity index (χ1v) is 11.4. The highest BCUT2D eigenvalue weighted by molar-refractivity contribution is 7.92. The van der Waals surface area contributed by atoms with E-state index in [-0.39, 0.29) is 44.8 Å². The fourth-order valence-electron chi connectivity index (χ4n) is 2.97. The van der Waals surface area contributed by atoms with Gasteiger partial charge in [-0.3, -0.25) is 9.52 Å². The van der Waals surface area contributed by atoms with E-state index in [1.807, 2.05) is 0 Å². The zero-order chi connectivity index (χ0) is 23.5. The van der Waals surface area contributed by atoms with Crippen molar-refractivity contribution in [2.24, 2.45) is 0 Å². The summed E-state index contributed by atoms with van der Waals surface area (Å²) in [4.78, 5) is 12.3. The number of halogens is 5. The number of hydrogen-bond acceptors (Lipinski definition) is 3. The molecule has 0 aliphatic heterocycles. The molecule has 0 spiro atoms. The molecular formula is C22H16Cl2F3NO3S. The third-order valence-electron chi connectivity index (χ3n) is 4.44. The summed E-state index contributed by atoms with van der Waals surface area (Å²) >= 11 is 11.7. The highest BCUT2D eigenvalue weighted by Gasteiger charge is 2.30. The van der Waals surface area contributed by atoms with Crippen molar-refractivity contribution < 1.29 is 26.4 Å². The monoisotopic (exact) mass is 501 g/mol. The van der Waals surface area contributed by atoms with Crippen molar-refractivity contribution in [2.45, 2.75) is 23.9 Å². The third kappa shape index (κ3) is 6.25. The molecule has 0 amide bonds. The molecule has 0 atom stereocenters. The van der Waals surface area contributed by atoms with Gasteiger partial charge >= 0.3 is 6.18 Å². The number of hydrogen-bond donors (Lipinski definition) is 1. The first-order chi connectivity index (χ1) is 14.9. The number of alkyl halides is 3. The number of anilines is 1. The molecular weight excluding hydrogens is 486 g/mol. The van der Waals surface area contributed by atoms with Crippen LogP contribution in [0.25, 0.3) is 0 Å². The molecule has 0 aromatic heterocycles. The number of rotatable bonds is 7. The summed E-state index contributed by atoms with van der Waals surface area (Å²) in [6, 6.07) is 14.6. The number of ketones is 1. The molecule has 4 nitrogen and oxygen atoms in total. The summed E-state index contributed by atoms with van der Waals surface area (Å²) in [7, 11) is -3.97. The lowest BCUT2D eigenvalue weighted by Crippen LogP contribution is -2.14. The minimum absolute atomic E-state index is 0.0760. The molecule has 3 aromatic carbocycles. The van der Waals surface area contributed by atoms with E-state index < -0.39 is 21.8 Å². The van der Waals surface area contributed by atoms with Crippen molar-refractivity contribution in [3.8, 4) is 0 Å². The summed E-state index contributed by atoms with van der Waals surface area (Å²) in [6.45, 7) is 0. The van der Waals surface area contributed by atoms with Crippen LogP contribution in [0.1, 0.15) is 16.7 Å². The number of carbonyl (C=O) groups is 1. The van der Waals surface area contributed by atoms with Crippen LogP contribution in [-0.4, -0.2) is 14.2 Å². The average Bonchev–Trinajstić information content (AvgIpc) is 2.70. The molecule has 10 heteroatoms. The maximum Gasteiger partial charge on any atom is 0.416 e. The fourth-order valence-corrected chi connectivity index (χ4v) is 4.39. The molecule has 3 rings (SSSR count). The largest absolute Gasteiger partial charge is 0.416 e. The first kappa shape index (κ1) is 24.1. The molecule has 0 unspecified atom stereocenters. The van der Waals surface area contributed by atoms with E-state index in [1.54, 1.807) is 6.07 Å². The van der Waals surface area contributed by atoms with Crippen molar-refractivity contribution in [3.05, 3.63) is 93.5 Å². The summed E-state index contributed by atoms with van der Waals surface area (Å²) in [5, 5.41) is 0.455. The Hall–Kier alpha value is -2.55. The second-order valence-electron chi connectivity index (χ2n) is 6.97. The SMILES string of the molecule is O=C(Cc1cccc(C(F)(F)F)c1)Cc1cccc(S(=O)(=O)Nc2ccc(Cl)c(Cl)c2)c1. The van der Waals surface area contributed by atoms with E-state index in [1.165, 1.54) is 48.5 Å². The van der Waals surface area contributed by atoms with Gasteiger partial charge in [-0.2, -0.15) is 13.2 Å². The molecule has 32 heavy (non-hydrogen) atoms. The first-order valence-electron chi connectivity index (χ1n) is 9.19. The second-order valence-corrected chi connectivity index (χ2v) is 9.47. The van der Waals surface area contributed by atoms with Crippen LogP contribution in [0.2, 0.25) is 10.0 Å². The van der Waals surface area contributed by atoms with Crippen molar-refractivity contribution in [1.29, 1.82) is 0 Å². The van der Waals surface area contributed by atoms with Crippen molar-refractivity contribution >= 4 is 44.7 Å². The van der Waals surface area contributed by atoms with Crippen LogP contribution in [0.4, 0.5) is 18.9 Å². The molecule has 1 N–H and O–H groups in total. The van der Waals surface area contributed by atoms with Crippen LogP contribution in [0.5, 0.6) is 0 Å². The molecule has 0 saturated heterocycles. The van der Waals surface area contributed by atoms with Crippen LogP contribution < -0.4 is 4.72 Å². The maximum absolute atomic E-state index is 12.8. The van der Waals surface area contributed by atoms with Gasteiger partial charge in [0.05, 0.1) is 26.2 Å². The normalized spacial score (nSPS) is 11.9. The number of carbonyl (C=O) groups excluding carboxylic acids is 1. The number of Topliss-reactive ketones (excluding diaryl/α,β-unsaturated/α-hetero) is 1. The smallest absolute Gasteiger partial charge is 0.299 e. The summed E-state index contributed by atoms with van der Waals surface area (Å²) in [5.41, 5.74) is 0.0311. The van der Waals surface area contributed by atoms with Gasteiger partial charge in [0, 0.05) is 12.8 Å². The van der Waals surface area contributed by atoms with Crippen LogP contribution in [-0.2, 0) is 33.8 Å². The lowest BCUT2D eigenvalue weighted by molar-refractivity contribution is -0.137. The molecule has 3 aromatic rings. The quantitative estimate of drug-likeness (QED) is 0.421. The van der Waals surface area contributed by atoms with E-state index in [9.17, 15) is 26.4 Å². The van der Waals surface area contributed by atoms with Gasteiger partial charge in [-0.1, -0.05) is 53.5 Å². The van der Waals surface area contributed by atoms with Gasteiger partial charge < -0.3 is 0 Å². The van der Waals surface area contributed by atoms with E-state index in [4.69, 9.17) is 23.2 Å². The number of nitrogens with one attached hydrogen (secondary N) is 1. The Balaban J connectivity index is 1.73. The highest BCUT2D eigenvalue weighted by atomic mass is 35.5. The minimum atomic E-state index is -4.50. The summed E-state index contributed by atoms with van der Waals surface area (Å²) in [6.07, 6.45) is -4.84. The van der Waals surface area contributed by atoms with Crippen LogP contribution in [0, 0.1) is 0 Å². The highest BCUT2D eigenvalue weighted by Crippen LogP contribution is 2.30. The zero-order valence-corrected chi connectivity index (χ0v) is 18.6. The molecule has 0 aliphatic carbocycles.